The van der Waals surface area contributed by atoms with Gasteiger partial charge in [-0.1, -0.05) is 6.92 Å². The molecule has 1 aromatic heterocycles. The molecule has 3 rings (SSSR count). The first-order valence-corrected chi connectivity index (χ1v) is 10.9. The Bertz CT molecular complexity index is 975. The summed E-state index contributed by atoms with van der Waals surface area (Å²) in [6.07, 6.45) is 3.58. The van der Waals surface area contributed by atoms with Gasteiger partial charge in [0.25, 0.3) is 0 Å². The number of hydrogen-bond acceptors (Lipinski definition) is 5. The Morgan fingerprint density at radius 2 is 1.78 bits per heavy atom. The normalized spacial score (nSPS) is 18.3. The van der Waals surface area contributed by atoms with Crippen LogP contribution in [0.3, 0.4) is 0 Å². The molecule has 1 fully saturated rings. The van der Waals surface area contributed by atoms with E-state index in [9.17, 15) is 19.5 Å². The minimum absolute atomic E-state index is 0.00494. The Morgan fingerprint density at radius 1 is 1.16 bits per heavy atom. The Hall–Kier alpha value is -3.36. The summed E-state index contributed by atoms with van der Waals surface area (Å²) in [5, 5.41) is 16.4. The largest absolute Gasteiger partial charge is 0.511 e. The first-order chi connectivity index (χ1) is 15.2. The zero-order chi connectivity index (χ0) is 23.4. The van der Waals surface area contributed by atoms with Gasteiger partial charge in [0.05, 0.1) is 11.9 Å². The molecule has 9 nitrogen and oxygen atoms in total. The number of anilines is 2. The van der Waals surface area contributed by atoms with E-state index in [1.54, 1.807) is 29.2 Å². The Balaban J connectivity index is 1.95. The second-order valence-corrected chi connectivity index (χ2v) is 8.62. The summed E-state index contributed by atoms with van der Waals surface area (Å²) in [6.45, 7) is 7.36. The van der Waals surface area contributed by atoms with Crippen molar-refractivity contribution in [2.75, 3.05) is 10.2 Å². The number of carbonyl (C=O) groups excluding carboxylic acids is 2. The molecule has 0 unspecified atom stereocenters. The third kappa shape index (κ3) is 5.46. The molecule has 9 heteroatoms. The lowest BCUT2D eigenvalue weighted by Gasteiger charge is -2.32. The van der Waals surface area contributed by atoms with Gasteiger partial charge in [-0.3, -0.25) is 14.5 Å². The van der Waals surface area contributed by atoms with Crippen molar-refractivity contribution in [2.45, 2.75) is 59.4 Å². The fourth-order valence-corrected chi connectivity index (χ4v) is 4.02. The van der Waals surface area contributed by atoms with E-state index in [0.29, 0.717) is 17.3 Å². The van der Waals surface area contributed by atoms with E-state index in [1.807, 2.05) is 13.8 Å². The van der Waals surface area contributed by atoms with E-state index >= 15 is 0 Å². The molecule has 32 heavy (non-hydrogen) atoms. The number of ether oxygens (including phenoxy) is 1. The fraction of sp³-hybridized carbons (Fsp3) is 0.478. The maximum atomic E-state index is 13.4. The van der Waals surface area contributed by atoms with Crippen molar-refractivity contribution in [3.63, 3.8) is 0 Å². The fourth-order valence-electron chi connectivity index (χ4n) is 4.02. The molecular formula is C23H30N4O5. The number of nitrogens with zero attached hydrogens (tertiary/aromatic N) is 3. The van der Waals surface area contributed by atoms with Gasteiger partial charge in [-0.25, -0.2) is 9.48 Å². The predicted octanol–water partition coefficient (Wildman–Crippen LogP) is 4.46. The highest BCUT2D eigenvalue weighted by atomic mass is 16.7. The second-order valence-electron chi connectivity index (χ2n) is 8.62. The van der Waals surface area contributed by atoms with Crippen LogP contribution in [0.5, 0.6) is 5.75 Å². The molecule has 0 saturated heterocycles. The molecule has 1 heterocycles. The standard InChI is InChI=1S/C23H30N4O5/c1-14(2)27(22(29)17-7-5-15(3)6-8-17)21-20(32-23(30)31)13-26(25-21)19-11-9-18(10-12-19)24-16(4)28/h9-15,17H,5-8H2,1-4H3,(H,24,28)(H,30,31). The topological polar surface area (TPSA) is 114 Å². The lowest BCUT2D eigenvalue weighted by molar-refractivity contribution is -0.124. The van der Waals surface area contributed by atoms with Gasteiger partial charge < -0.3 is 15.2 Å². The first kappa shape index (κ1) is 23.3. The summed E-state index contributed by atoms with van der Waals surface area (Å²) in [5.41, 5.74) is 1.25. The van der Waals surface area contributed by atoms with Gasteiger partial charge in [0.1, 0.15) is 0 Å². The van der Waals surface area contributed by atoms with Gasteiger partial charge >= 0.3 is 6.16 Å². The quantitative estimate of drug-likeness (QED) is 0.639. The van der Waals surface area contributed by atoms with Crippen molar-refractivity contribution in [2.24, 2.45) is 11.8 Å². The summed E-state index contributed by atoms with van der Waals surface area (Å²) in [7, 11) is 0. The summed E-state index contributed by atoms with van der Waals surface area (Å²) >= 11 is 0. The van der Waals surface area contributed by atoms with Crippen molar-refractivity contribution in [3.8, 4) is 11.4 Å². The van der Waals surface area contributed by atoms with E-state index in [1.165, 1.54) is 17.8 Å². The molecule has 1 aromatic carbocycles. The number of aromatic nitrogens is 2. The van der Waals surface area contributed by atoms with Gasteiger partial charge in [-0.05, 0) is 69.7 Å². The molecule has 0 spiro atoms. The Kier molecular flexibility index (Phi) is 7.17. The van der Waals surface area contributed by atoms with E-state index in [2.05, 4.69) is 17.3 Å². The average Bonchev–Trinajstić information content (AvgIpc) is 3.11. The zero-order valence-corrected chi connectivity index (χ0v) is 18.9. The number of carboxylic acid groups (broad SMARTS) is 1. The van der Waals surface area contributed by atoms with Crippen molar-refractivity contribution in [1.82, 2.24) is 9.78 Å². The molecular weight excluding hydrogens is 412 g/mol. The van der Waals surface area contributed by atoms with Crippen LogP contribution < -0.4 is 15.0 Å². The third-order valence-electron chi connectivity index (χ3n) is 5.66. The molecule has 0 radical (unpaired) electrons. The van der Waals surface area contributed by atoms with Crippen LogP contribution >= 0.6 is 0 Å². The van der Waals surface area contributed by atoms with Crippen LogP contribution in [0, 0.1) is 11.8 Å². The lowest BCUT2D eigenvalue weighted by atomic mass is 9.82. The molecule has 0 atom stereocenters. The summed E-state index contributed by atoms with van der Waals surface area (Å²) in [5.74, 6) is 0.421. The third-order valence-corrected chi connectivity index (χ3v) is 5.66. The smallest absolute Gasteiger partial charge is 0.449 e. The van der Waals surface area contributed by atoms with Crippen molar-refractivity contribution < 1.29 is 24.2 Å². The second kappa shape index (κ2) is 9.84. The van der Waals surface area contributed by atoms with Crippen LogP contribution in [0.2, 0.25) is 0 Å². The number of amides is 2. The minimum Gasteiger partial charge on any atom is -0.449 e. The zero-order valence-electron chi connectivity index (χ0n) is 18.9. The first-order valence-electron chi connectivity index (χ1n) is 10.9. The Morgan fingerprint density at radius 3 is 2.31 bits per heavy atom. The van der Waals surface area contributed by atoms with Gasteiger partial charge in [-0.15, -0.1) is 5.10 Å². The van der Waals surface area contributed by atoms with Crippen molar-refractivity contribution in [1.29, 1.82) is 0 Å². The minimum atomic E-state index is -1.48. The molecule has 172 valence electrons. The number of benzene rings is 1. The van der Waals surface area contributed by atoms with Crippen molar-refractivity contribution in [3.05, 3.63) is 30.5 Å². The van der Waals surface area contributed by atoms with E-state index in [-0.39, 0.29) is 35.3 Å². The molecule has 2 amide bonds. The highest BCUT2D eigenvalue weighted by Gasteiger charge is 2.34. The molecule has 1 aliphatic carbocycles. The molecule has 1 aliphatic rings. The maximum Gasteiger partial charge on any atom is 0.511 e. The van der Waals surface area contributed by atoms with Gasteiger partial charge in [0.15, 0.2) is 5.75 Å². The number of hydrogen-bond donors (Lipinski definition) is 2. The predicted molar refractivity (Wildman–Crippen MR) is 120 cm³/mol. The monoisotopic (exact) mass is 442 g/mol. The number of nitrogens with one attached hydrogen (secondary N) is 1. The van der Waals surface area contributed by atoms with E-state index < -0.39 is 6.16 Å². The Labute approximate surface area is 187 Å². The summed E-state index contributed by atoms with van der Waals surface area (Å²) in [6, 6.07) is 6.66. The van der Waals surface area contributed by atoms with Crippen LogP contribution in [0.15, 0.2) is 30.5 Å². The molecule has 0 aliphatic heterocycles. The van der Waals surface area contributed by atoms with Crippen LogP contribution in [0.25, 0.3) is 5.69 Å². The molecule has 1 saturated carbocycles. The van der Waals surface area contributed by atoms with Crippen LogP contribution in [0.1, 0.15) is 53.4 Å². The summed E-state index contributed by atoms with van der Waals surface area (Å²) < 4.78 is 6.46. The highest BCUT2D eigenvalue weighted by molar-refractivity contribution is 5.96. The molecule has 0 bridgehead atoms. The molecule has 2 N–H and O–H groups in total. The van der Waals surface area contributed by atoms with Gasteiger partial charge in [0.2, 0.25) is 17.6 Å². The summed E-state index contributed by atoms with van der Waals surface area (Å²) in [4.78, 5) is 37.5. The maximum absolute atomic E-state index is 13.4. The van der Waals surface area contributed by atoms with Crippen LogP contribution in [0.4, 0.5) is 16.3 Å². The van der Waals surface area contributed by atoms with Gasteiger partial charge in [0, 0.05) is 24.6 Å². The average molecular weight is 443 g/mol. The van der Waals surface area contributed by atoms with Crippen LogP contribution in [-0.4, -0.2) is 38.9 Å². The number of carbonyl (C=O) groups is 3. The van der Waals surface area contributed by atoms with E-state index in [4.69, 9.17) is 4.74 Å². The number of rotatable bonds is 6. The highest BCUT2D eigenvalue weighted by Crippen LogP contribution is 2.35. The van der Waals surface area contributed by atoms with Crippen LogP contribution in [-0.2, 0) is 9.59 Å². The van der Waals surface area contributed by atoms with E-state index in [0.717, 1.165) is 25.7 Å². The van der Waals surface area contributed by atoms with Gasteiger partial charge in [-0.2, -0.15) is 0 Å². The van der Waals surface area contributed by atoms with Crippen molar-refractivity contribution >= 4 is 29.5 Å². The lowest BCUT2D eigenvalue weighted by Crippen LogP contribution is -2.42. The SMILES string of the molecule is CC(=O)Nc1ccc(-n2cc(OC(=O)O)c(N(C(=O)C3CCC(C)CC3)C(C)C)n2)cc1. The molecule has 2 aromatic rings.